The summed E-state index contributed by atoms with van der Waals surface area (Å²) in [7, 11) is 0. The highest BCUT2D eigenvalue weighted by Gasteiger charge is 2.09. The molecular weight excluding hydrogens is 262 g/mol. The van der Waals surface area contributed by atoms with E-state index in [1.807, 2.05) is 30.3 Å². The Balaban J connectivity index is 1.50. The maximum atomic E-state index is 5.81. The van der Waals surface area contributed by atoms with Crippen LogP contribution in [0, 0.1) is 6.07 Å². The third-order valence-electron chi connectivity index (χ3n) is 3.67. The van der Waals surface area contributed by atoms with Crippen molar-refractivity contribution in [1.29, 1.82) is 0 Å². The van der Waals surface area contributed by atoms with Crippen molar-refractivity contribution in [3.63, 3.8) is 0 Å². The number of morpholine rings is 1. The molecule has 0 aliphatic carbocycles. The van der Waals surface area contributed by atoms with Crippen LogP contribution in [0.3, 0.4) is 0 Å². The predicted octanol–water partition coefficient (Wildman–Crippen LogP) is 2.86. The third kappa shape index (κ3) is 4.06. The Morgan fingerprint density at radius 1 is 1.05 bits per heavy atom. The van der Waals surface area contributed by atoms with Crippen molar-refractivity contribution in [2.45, 2.75) is 0 Å². The molecule has 2 aromatic rings. The number of hydrogen-bond acceptors (Lipinski definition) is 3. The minimum atomic E-state index is 0.721. The zero-order valence-corrected chi connectivity index (χ0v) is 12.1. The van der Waals surface area contributed by atoms with Crippen LogP contribution in [-0.2, 0) is 4.74 Å². The van der Waals surface area contributed by atoms with Gasteiger partial charge in [-0.1, -0.05) is 30.3 Å². The average Bonchev–Trinajstić information content (AvgIpc) is 2.57. The minimum Gasteiger partial charge on any atom is -0.492 e. The minimum absolute atomic E-state index is 0.721. The second-order valence-electron chi connectivity index (χ2n) is 5.12. The van der Waals surface area contributed by atoms with Crippen molar-refractivity contribution in [2.24, 2.45) is 0 Å². The summed E-state index contributed by atoms with van der Waals surface area (Å²) in [5.74, 6) is 0.923. The molecule has 3 heteroatoms. The number of rotatable bonds is 5. The van der Waals surface area contributed by atoms with Gasteiger partial charge in [-0.25, -0.2) is 0 Å². The highest BCUT2D eigenvalue weighted by Crippen LogP contribution is 2.21. The van der Waals surface area contributed by atoms with Gasteiger partial charge >= 0.3 is 0 Å². The Labute approximate surface area is 126 Å². The molecule has 109 valence electrons. The maximum absolute atomic E-state index is 5.81. The highest BCUT2D eigenvalue weighted by atomic mass is 16.5. The van der Waals surface area contributed by atoms with Crippen molar-refractivity contribution in [3.05, 3.63) is 54.6 Å². The fraction of sp³-hybridized carbons (Fsp3) is 0.333. The molecule has 1 aliphatic rings. The monoisotopic (exact) mass is 282 g/mol. The molecule has 0 N–H and O–H groups in total. The van der Waals surface area contributed by atoms with Gasteiger partial charge in [0.2, 0.25) is 0 Å². The van der Waals surface area contributed by atoms with Crippen LogP contribution in [-0.4, -0.2) is 44.4 Å². The van der Waals surface area contributed by atoms with Crippen LogP contribution in [0.15, 0.2) is 48.5 Å². The van der Waals surface area contributed by atoms with Crippen LogP contribution in [0.1, 0.15) is 0 Å². The molecule has 0 atom stereocenters. The quantitative estimate of drug-likeness (QED) is 0.841. The molecule has 0 bridgehead atoms. The Bertz CT molecular complexity index is 533. The van der Waals surface area contributed by atoms with Gasteiger partial charge in [0, 0.05) is 19.6 Å². The molecule has 0 saturated carbocycles. The van der Waals surface area contributed by atoms with Gasteiger partial charge < -0.3 is 9.47 Å². The molecule has 0 amide bonds. The summed E-state index contributed by atoms with van der Waals surface area (Å²) in [4.78, 5) is 2.37. The van der Waals surface area contributed by atoms with Crippen molar-refractivity contribution in [2.75, 3.05) is 39.5 Å². The van der Waals surface area contributed by atoms with E-state index in [1.54, 1.807) is 0 Å². The van der Waals surface area contributed by atoms with E-state index < -0.39 is 0 Å². The van der Waals surface area contributed by atoms with Gasteiger partial charge in [-0.3, -0.25) is 4.90 Å². The van der Waals surface area contributed by atoms with E-state index in [0.29, 0.717) is 0 Å². The van der Waals surface area contributed by atoms with Gasteiger partial charge in [0.25, 0.3) is 0 Å². The normalized spacial score (nSPS) is 15.8. The molecule has 0 unspecified atom stereocenters. The Hall–Kier alpha value is -1.84. The summed E-state index contributed by atoms with van der Waals surface area (Å²) in [5, 5.41) is 0. The van der Waals surface area contributed by atoms with Crippen LogP contribution in [0.25, 0.3) is 11.1 Å². The Kier molecular flexibility index (Phi) is 4.87. The second-order valence-corrected chi connectivity index (χ2v) is 5.12. The summed E-state index contributed by atoms with van der Waals surface area (Å²) in [6.07, 6.45) is 0. The molecule has 21 heavy (non-hydrogen) atoms. The summed E-state index contributed by atoms with van der Waals surface area (Å²) < 4.78 is 11.1. The van der Waals surface area contributed by atoms with Gasteiger partial charge in [0.15, 0.2) is 0 Å². The number of ether oxygens (including phenoxy) is 2. The van der Waals surface area contributed by atoms with Crippen molar-refractivity contribution in [3.8, 4) is 16.9 Å². The van der Waals surface area contributed by atoms with E-state index in [0.717, 1.165) is 45.2 Å². The topological polar surface area (TPSA) is 21.7 Å². The first-order chi connectivity index (χ1) is 10.4. The first kappa shape index (κ1) is 14.1. The molecule has 3 rings (SSSR count). The van der Waals surface area contributed by atoms with Gasteiger partial charge in [-0.15, -0.1) is 0 Å². The first-order valence-corrected chi connectivity index (χ1v) is 7.41. The smallest absolute Gasteiger partial charge is 0.119 e. The second kappa shape index (κ2) is 7.25. The molecule has 1 fully saturated rings. The van der Waals surface area contributed by atoms with Crippen LogP contribution in [0.2, 0.25) is 0 Å². The summed E-state index contributed by atoms with van der Waals surface area (Å²) in [6.45, 7) is 5.36. The molecular formula is C18H20NO2. The molecule has 1 heterocycles. The number of nitrogens with zero attached hydrogens (tertiary/aromatic N) is 1. The molecule has 2 aromatic carbocycles. The highest BCUT2D eigenvalue weighted by molar-refractivity contribution is 5.63. The van der Waals surface area contributed by atoms with Crippen LogP contribution >= 0.6 is 0 Å². The fourth-order valence-electron chi connectivity index (χ4n) is 2.43. The van der Waals surface area contributed by atoms with E-state index in [9.17, 15) is 0 Å². The summed E-state index contributed by atoms with van der Waals surface area (Å²) >= 11 is 0. The molecule has 1 saturated heterocycles. The van der Waals surface area contributed by atoms with E-state index in [1.165, 1.54) is 11.1 Å². The largest absolute Gasteiger partial charge is 0.492 e. The summed E-state index contributed by atoms with van der Waals surface area (Å²) in [6, 6.07) is 19.3. The lowest BCUT2D eigenvalue weighted by Gasteiger charge is -2.26. The van der Waals surface area contributed by atoms with Crippen LogP contribution in [0.5, 0.6) is 5.75 Å². The van der Waals surface area contributed by atoms with Crippen molar-refractivity contribution >= 4 is 0 Å². The van der Waals surface area contributed by atoms with E-state index in [2.05, 4.69) is 29.2 Å². The zero-order valence-electron chi connectivity index (χ0n) is 12.1. The molecule has 0 spiro atoms. The fourth-order valence-corrected chi connectivity index (χ4v) is 2.43. The number of benzene rings is 2. The molecule has 3 nitrogen and oxygen atoms in total. The van der Waals surface area contributed by atoms with Crippen molar-refractivity contribution < 1.29 is 9.47 Å². The molecule has 0 aromatic heterocycles. The maximum Gasteiger partial charge on any atom is 0.119 e. The first-order valence-electron chi connectivity index (χ1n) is 7.41. The van der Waals surface area contributed by atoms with Gasteiger partial charge in [0.1, 0.15) is 12.4 Å². The van der Waals surface area contributed by atoms with E-state index >= 15 is 0 Å². The van der Waals surface area contributed by atoms with E-state index in [4.69, 9.17) is 9.47 Å². The van der Waals surface area contributed by atoms with Crippen molar-refractivity contribution in [1.82, 2.24) is 4.90 Å². The standard InChI is InChI=1S/C18H20NO2/c1-2-4-16(5-3-1)17-6-8-18(9-7-17)21-15-12-19-10-13-20-14-11-19/h1-2,4-9H,10-15H2. The lowest BCUT2D eigenvalue weighted by molar-refractivity contribution is 0.0322. The van der Waals surface area contributed by atoms with Gasteiger partial charge in [-0.2, -0.15) is 0 Å². The Morgan fingerprint density at radius 2 is 1.86 bits per heavy atom. The average molecular weight is 282 g/mol. The van der Waals surface area contributed by atoms with Crippen LogP contribution < -0.4 is 4.74 Å². The summed E-state index contributed by atoms with van der Waals surface area (Å²) in [5.41, 5.74) is 2.37. The van der Waals surface area contributed by atoms with Crippen LogP contribution in [0.4, 0.5) is 0 Å². The lowest BCUT2D eigenvalue weighted by Crippen LogP contribution is -2.38. The number of hydrogen-bond donors (Lipinski definition) is 0. The third-order valence-corrected chi connectivity index (χ3v) is 3.67. The zero-order chi connectivity index (χ0) is 14.3. The molecule has 1 radical (unpaired) electrons. The van der Waals surface area contributed by atoms with Gasteiger partial charge in [0.05, 0.1) is 13.2 Å². The lowest BCUT2D eigenvalue weighted by atomic mass is 10.1. The Morgan fingerprint density at radius 3 is 2.57 bits per heavy atom. The van der Waals surface area contributed by atoms with Gasteiger partial charge in [-0.05, 0) is 35.4 Å². The van der Waals surface area contributed by atoms with E-state index in [-0.39, 0.29) is 0 Å². The SMILES string of the molecule is [c]1cccc(-c2ccc(OCCN3CCOCC3)cc2)c1. The predicted molar refractivity (Wildman–Crippen MR) is 83.5 cm³/mol. The molecule has 1 aliphatic heterocycles.